The Kier molecular flexibility index (Phi) is 6.37. The molecule has 0 aliphatic carbocycles. The molecule has 164 valence electrons. The first-order valence-corrected chi connectivity index (χ1v) is 10.5. The van der Waals surface area contributed by atoms with Gasteiger partial charge in [0.1, 0.15) is 17.5 Å². The van der Waals surface area contributed by atoms with E-state index in [0.717, 1.165) is 37.3 Å². The quantitative estimate of drug-likeness (QED) is 0.347. The van der Waals surface area contributed by atoms with Gasteiger partial charge in [-0.25, -0.2) is 9.50 Å². The van der Waals surface area contributed by atoms with Crippen LogP contribution in [-0.4, -0.2) is 56.8 Å². The Balaban J connectivity index is 1.70. The van der Waals surface area contributed by atoms with E-state index in [1.165, 1.54) is 6.20 Å². The van der Waals surface area contributed by atoms with Crippen LogP contribution in [0.25, 0.3) is 17.0 Å². The lowest BCUT2D eigenvalue weighted by Crippen LogP contribution is -2.20. The molecule has 0 radical (unpaired) electrons. The highest BCUT2D eigenvalue weighted by molar-refractivity contribution is 6.39. The zero-order chi connectivity index (χ0) is 22.5. The summed E-state index contributed by atoms with van der Waals surface area (Å²) in [5.41, 5.74) is 4.56. The number of nitriles is 1. The van der Waals surface area contributed by atoms with Crippen LogP contribution >= 0.6 is 0 Å². The second kappa shape index (κ2) is 9.53. The number of hydrazone groups is 1. The zero-order valence-corrected chi connectivity index (χ0v) is 18.1. The first-order valence-electron chi connectivity index (χ1n) is 10.5. The van der Waals surface area contributed by atoms with Gasteiger partial charge in [0.2, 0.25) is 0 Å². The van der Waals surface area contributed by atoms with Crippen molar-refractivity contribution in [2.24, 2.45) is 15.9 Å². The number of aromatic nitrogens is 4. The van der Waals surface area contributed by atoms with Gasteiger partial charge < -0.3 is 15.9 Å². The maximum absolute atomic E-state index is 9.09. The summed E-state index contributed by atoms with van der Waals surface area (Å²) in [6.07, 6.45) is 8.41. The predicted octanol–water partition coefficient (Wildman–Crippen LogP) is 2.40. The van der Waals surface area contributed by atoms with Gasteiger partial charge in [-0.05, 0) is 32.8 Å². The molecular formula is C22H25N9O. The summed E-state index contributed by atoms with van der Waals surface area (Å²) < 4.78 is 7.05. The summed E-state index contributed by atoms with van der Waals surface area (Å²) in [6, 6.07) is 6.06. The summed E-state index contributed by atoms with van der Waals surface area (Å²) in [7, 11) is 0. The molecule has 0 unspecified atom stereocenters. The standard InChI is InChI=1S/C22H25N9O/c1-14(2)29-18-8-19(21-13-27-22-7-15(9-23)10-28-31(21)22)26-11-17(18)20(30-24)12-25-16-3-5-32-6-4-16/h7-8,10-14,16H,3-6,24H2,1-2H3,(H,26,29). The van der Waals surface area contributed by atoms with Gasteiger partial charge in [0.25, 0.3) is 0 Å². The van der Waals surface area contributed by atoms with Crippen LogP contribution in [-0.2, 0) is 4.74 Å². The van der Waals surface area contributed by atoms with Crippen molar-refractivity contribution in [2.45, 2.75) is 38.8 Å². The van der Waals surface area contributed by atoms with Crippen molar-refractivity contribution in [3.8, 4) is 17.5 Å². The van der Waals surface area contributed by atoms with Gasteiger partial charge in [-0.1, -0.05) is 0 Å². The van der Waals surface area contributed by atoms with Crippen LogP contribution in [0.2, 0.25) is 0 Å². The molecule has 3 aromatic rings. The minimum absolute atomic E-state index is 0.175. The van der Waals surface area contributed by atoms with Crippen LogP contribution in [0, 0.1) is 11.3 Å². The monoisotopic (exact) mass is 431 g/mol. The maximum atomic E-state index is 9.09. The molecule has 0 amide bonds. The third-order valence-corrected chi connectivity index (χ3v) is 5.11. The third kappa shape index (κ3) is 4.58. The Bertz CT molecular complexity index is 1200. The highest BCUT2D eigenvalue weighted by Crippen LogP contribution is 2.25. The number of fused-ring (bicyclic) bond motifs is 1. The molecule has 0 atom stereocenters. The Hall–Kier alpha value is -3.84. The fourth-order valence-corrected chi connectivity index (χ4v) is 3.52. The fourth-order valence-electron chi connectivity index (χ4n) is 3.52. The van der Waals surface area contributed by atoms with E-state index < -0.39 is 0 Å². The first kappa shape index (κ1) is 21.4. The minimum Gasteiger partial charge on any atom is -0.382 e. The van der Waals surface area contributed by atoms with E-state index in [9.17, 15) is 0 Å². The number of imidazole rings is 1. The number of hydrogen-bond acceptors (Lipinski definition) is 9. The third-order valence-electron chi connectivity index (χ3n) is 5.11. The highest BCUT2D eigenvalue weighted by Gasteiger charge is 2.17. The van der Waals surface area contributed by atoms with Crippen LogP contribution < -0.4 is 11.2 Å². The lowest BCUT2D eigenvalue weighted by Gasteiger charge is -2.18. The summed E-state index contributed by atoms with van der Waals surface area (Å²) in [5, 5.41) is 20.8. The smallest absolute Gasteiger partial charge is 0.155 e. The second-order valence-electron chi connectivity index (χ2n) is 7.82. The van der Waals surface area contributed by atoms with E-state index in [4.69, 9.17) is 15.8 Å². The average molecular weight is 432 g/mol. The Morgan fingerprint density at radius 1 is 1.28 bits per heavy atom. The molecule has 0 aromatic carbocycles. The predicted molar refractivity (Wildman–Crippen MR) is 123 cm³/mol. The van der Waals surface area contributed by atoms with Crippen LogP contribution in [0.4, 0.5) is 5.69 Å². The highest BCUT2D eigenvalue weighted by atomic mass is 16.5. The summed E-state index contributed by atoms with van der Waals surface area (Å²) >= 11 is 0. The van der Waals surface area contributed by atoms with E-state index in [0.29, 0.717) is 28.3 Å². The fraction of sp³-hybridized carbons (Fsp3) is 0.364. The van der Waals surface area contributed by atoms with Crippen molar-refractivity contribution >= 4 is 23.3 Å². The van der Waals surface area contributed by atoms with Crippen molar-refractivity contribution in [3.63, 3.8) is 0 Å². The number of nitrogens with two attached hydrogens (primary N) is 1. The van der Waals surface area contributed by atoms with Crippen LogP contribution in [0.3, 0.4) is 0 Å². The van der Waals surface area contributed by atoms with Gasteiger partial charge in [0.15, 0.2) is 5.65 Å². The number of pyridine rings is 1. The number of nitrogens with one attached hydrogen (secondary N) is 1. The van der Waals surface area contributed by atoms with Gasteiger partial charge in [0, 0.05) is 49.0 Å². The molecule has 10 nitrogen and oxygen atoms in total. The molecular weight excluding hydrogens is 406 g/mol. The van der Waals surface area contributed by atoms with E-state index in [1.807, 2.05) is 6.07 Å². The van der Waals surface area contributed by atoms with Crippen LogP contribution in [0.15, 0.2) is 40.8 Å². The van der Waals surface area contributed by atoms with E-state index in [-0.39, 0.29) is 12.1 Å². The minimum atomic E-state index is 0.175. The zero-order valence-electron chi connectivity index (χ0n) is 18.1. The molecule has 1 aliphatic heterocycles. The molecule has 0 saturated carbocycles. The number of anilines is 1. The van der Waals surface area contributed by atoms with Gasteiger partial charge in [-0.3, -0.25) is 9.98 Å². The first-order chi connectivity index (χ1) is 15.6. The van der Waals surface area contributed by atoms with Gasteiger partial charge in [-0.2, -0.15) is 15.5 Å². The number of rotatable bonds is 6. The van der Waals surface area contributed by atoms with Crippen molar-refractivity contribution in [3.05, 3.63) is 41.9 Å². The Labute approximate surface area is 185 Å². The van der Waals surface area contributed by atoms with E-state index in [1.54, 1.807) is 29.2 Å². The number of aliphatic imine (C=N–C) groups is 1. The van der Waals surface area contributed by atoms with Crippen molar-refractivity contribution in [1.82, 2.24) is 19.6 Å². The van der Waals surface area contributed by atoms with Crippen molar-refractivity contribution < 1.29 is 4.74 Å². The van der Waals surface area contributed by atoms with Gasteiger partial charge in [0.05, 0.1) is 29.7 Å². The summed E-state index contributed by atoms with van der Waals surface area (Å²) in [5.74, 6) is 5.72. The topological polar surface area (TPSA) is 139 Å². The maximum Gasteiger partial charge on any atom is 0.155 e. The molecule has 1 saturated heterocycles. The van der Waals surface area contributed by atoms with Gasteiger partial charge >= 0.3 is 0 Å². The Morgan fingerprint density at radius 2 is 2.09 bits per heavy atom. The average Bonchev–Trinajstić information content (AvgIpc) is 3.23. The largest absolute Gasteiger partial charge is 0.382 e. The van der Waals surface area contributed by atoms with Crippen LogP contribution in [0.5, 0.6) is 0 Å². The molecule has 4 heterocycles. The van der Waals surface area contributed by atoms with E-state index >= 15 is 0 Å². The Morgan fingerprint density at radius 3 is 2.81 bits per heavy atom. The van der Waals surface area contributed by atoms with Crippen molar-refractivity contribution in [1.29, 1.82) is 5.26 Å². The number of nitrogens with zero attached hydrogens (tertiary/aromatic N) is 7. The molecule has 3 aromatic heterocycles. The number of hydrogen-bond donors (Lipinski definition) is 2. The second-order valence-corrected chi connectivity index (χ2v) is 7.82. The lowest BCUT2D eigenvalue weighted by atomic mass is 10.1. The van der Waals surface area contributed by atoms with Crippen molar-refractivity contribution in [2.75, 3.05) is 18.5 Å². The molecule has 0 bridgehead atoms. The van der Waals surface area contributed by atoms with Crippen LogP contribution in [0.1, 0.15) is 37.8 Å². The molecule has 10 heteroatoms. The van der Waals surface area contributed by atoms with E-state index in [2.05, 4.69) is 50.4 Å². The SMILES string of the molecule is CC(C)Nc1cc(-c2cnc3cc(C#N)cnn23)ncc1C(C=NC1CCOCC1)=NN. The molecule has 32 heavy (non-hydrogen) atoms. The lowest BCUT2D eigenvalue weighted by molar-refractivity contribution is 0.0872. The molecule has 0 spiro atoms. The summed E-state index contributed by atoms with van der Waals surface area (Å²) in [6.45, 7) is 5.55. The molecule has 3 N–H and O–H groups in total. The molecule has 1 aliphatic rings. The normalized spacial score (nSPS) is 15.5. The number of ether oxygens (including phenoxy) is 1. The van der Waals surface area contributed by atoms with Gasteiger partial charge in [-0.15, -0.1) is 0 Å². The molecule has 1 fully saturated rings. The summed E-state index contributed by atoms with van der Waals surface area (Å²) in [4.78, 5) is 13.6. The molecule has 4 rings (SSSR count).